The lowest BCUT2D eigenvalue weighted by atomic mass is 9.33. The van der Waals surface area contributed by atoms with Crippen LogP contribution in [0.3, 0.4) is 0 Å². The molecule has 69 heavy (non-hydrogen) atoms. The summed E-state index contributed by atoms with van der Waals surface area (Å²) in [6.07, 6.45) is 1.02. The Morgan fingerprint density at radius 2 is 1.01 bits per heavy atom. The molecule has 0 atom stereocenters. The van der Waals surface area contributed by atoms with Gasteiger partial charge in [0.05, 0.1) is 5.69 Å². The van der Waals surface area contributed by atoms with Gasteiger partial charge in [0.15, 0.2) is 0 Å². The summed E-state index contributed by atoms with van der Waals surface area (Å²) in [4.78, 5) is 7.16. The van der Waals surface area contributed by atoms with Crippen LogP contribution in [0.15, 0.2) is 170 Å². The van der Waals surface area contributed by atoms with E-state index in [0.717, 1.165) is 79.8 Å². The minimum absolute atomic E-state index is 0.0678. The smallest absolute Gasteiger partial charge is 0.252 e. The van der Waals surface area contributed by atoms with Gasteiger partial charge in [-0.1, -0.05) is 166 Å². The number of nitrogens with zero attached hydrogens (tertiary/aromatic N) is 3. The van der Waals surface area contributed by atoms with Crippen molar-refractivity contribution in [1.29, 1.82) is 0 Å². The maximum absolute atomic E-state index is 9.24. The highest BCUT2D eigenvalue weighted by Gasteiger charge is 2.48. The Morgan fingerprint density at radius 1 is 0.493 bits per heavy atom. The number of benzene rings is 8. The van der Waals surface area contributed by atoms with Gasteiger partial charge < -0.3 is 14.7 Å². The Labute approximate surface area is 416 Å². The van der Waals surface area contributed by atoms with E-state index in [-0.39, 0.29) is 28.4 Å². The van der Waals surface area contributed by atoms with Gasteiger partial charge >= 0.3 is 0 Å². The van der Waals surface area contributed by atoms with Gasteiger partial charge in [-0.15, -0.1) is 0 Å². The Balaban J connectivity index is 1.29. The number of hydrogen-bond acceptors (Lipinski definition) is 3. The topological polar surface area (TPSA) is 9.72 Å². The van der Waals surface area contributed by atoms with Gasteiger partial charge in [0.2, 0.25) is 0 Å². The van der Waals surface area contributed by atoms with Crippen molar-refractivity contribution in [2.75, 3.05) is 14.7 Å². The zero-order chi connectivity index (χ0) is 50.9. The second kappa shape index (κ2) is 15.9. The van der Waals surface area contributed by atoms with Crippen molar-refractivity contribution in [1.82, 2.24) is 0 Å². The molecule has 0 amide bonds. The van der Waals surface area contributed by atoms with Crippen molar-refractivity contribution >= 4 is 74.3 Å². The van der Waals surface area contributed by atoms with E-state index >= 15 is 0 Å². The molecule has 0 fully saturated rings. The Hall–Kier alpha value is -6.78. The van der Waals surface area contributed by atoms with Crippen molar-refractivity contribution in [2.45, 2.75) is 111 Å². The summed E-state index contributed by atoms with van der Waals surface area (Å²) in [6, 6.07) is 61.7. The normalized spacial score (nSPS) is 16.2. The highest BCUT2D eigenvalue weighted by atomic mass is 15.2. The monoisotopic (exact) mass is 903 g/mol. The molecule has 0 saturated heterocycles. The molecule has 8 aromatic rings. The van der Waals surface area contributed by atoms with Crippen molar-refractivity contribution in [2.24, 2.45) is 0 Å². The molecule has 11 rings (SSSR count). The Morgan fingerprint density at radius 3 is 1.58 bits per heavy atom. The van der Waals surface area contributed by atoms with Crippen molar-refractivity contribution < 1.29 is 4.11 Å². The number of hydrogen-bond donors (Lipinski definition) is 0. The van der Waals surface area contributed by atoms with Crippen LogP contribution in [0.2, 0.25) is 0 Å². The van der Waals surface area contributed by atoms with Crippen LogP contribution in [0, 0.1) is 13.8 Å². The van der Waals surface area contributed by atoms with Gasteiger partial charge in [-0.3, -0.25) is 0 Å². The lowest BCUT2D eigenvalue weighted by molar-refractivity contribution is 0.403. The molecule has 0 N–H and O–H groups in total. The third-order valence-electron chi connectivity index (χ3n) is 15.3. The van der Waals surface area contributed by atoms with E-state index in [1.807, 2.05) is 12.1 Å². The fraction of sp³-hybridized carbons (Fsp3) is 0.262. The summed E-state index contributed by atoms with van der Waals surface area (Å²) >= 11 is 0. The summed E-state index contributed by atoms with van der Waals surface area (Å²) in [6.45, 7) is 22.8. The minimum Gasteiger partial charge on any atom is -0.311 e. The van der Waals surface area contributed by atoms with E-state index in [0.29, 0.717) is 5.56 Å². The lowest BCUT2D eigenvalue weighted by Crippen LogP contribution is -2.61. The van der Waals surface area contributed by atoms with Gasteiger partial charge in [-0.2, -0.15) is 0 Å². The molecule has 0 bridgehead atoms. The van der Waals surface area contributed by atoms with E-state index in [1.165, 1.54) is 33.2 Å². The third kappa shape index (κ3) is 7.41. The minimum atomic E-state index is -2.41. The van der Waals surface area contributed by atoms with Gasteiger partial charge in [0.25, 0.3) is 6.71 Å². The fourth-order valence-corrected chi connectivity index (χ4v) is 12.1. The zero-order valence-corrected chi connectivity index (χ0v) is 42.3. The number of anilines is 9. The SMILES string of the molecule is [2H]C([2H])([2H])c1cc2c3c(c1)N(c1ccc(C(C)(C)C)cc1-c1ccccc1)c1cc4c(cc1B3c1ccc(N(c3ccccc3)c3ccccc3)cc1N2c1ccc(C(C)(C)C)cc1C)C(C)(C)CC4(C)C. The van der Waals surface area contributed by atoms with Crippen LogP contribution in [0.5, 0.6) is 0 Å². The maximum Gasteiger partial charge on any atom is 0.252 e. The largest absolute Gasteiger partial charge is 0.311 e. The maximum atomic E-state index is 9.24. The van der Waals surface area contributed by atoms with Crippen molar-refractivity contribution in [3.63, 3.8) is 0 Å². The molecule has 0 saturated carbocycles. The number of para-hydroxylation sites is 2. The molecule has 3 aliphatic rings. The van der Waals surface area contributed by atoms with Gasteiger partial charge in [-0.25, -0.2) is 0 Å². The van der Waals surface area contributed by atoms with Crippen LogP contribution in [0.4, 0.5) is 51.2 Å². The third-order valence-corrected chi connectivity index (χ3v) is 15.3. The fourth-order valence-electron chi connectivity index (χ4n) is 12.1. The summed E-state index contributed by atoms with van der Waals surface area (Å²) in [5.74, 6) is 0. The summed E-state index contributed by atoms with van der Waals surface area (Å²) < 4.78 is 27.7. The zero-order valence-electron chi connectivity index (χ0n) is 45.3. The molecule has 0 spiro atoms. The Kier molecular flexibility index (Phi) is 9.49. The van der Waals surface area contributed by atoms with Crippen LogP contribution >= 0.6 is 0 Å². The number of aryl methyl sites for hydroxylation is 2. The van der Waals surface area contributed by atoms with Crippen molar-refractivity contribution in [3.05, 3.63) is 203 Å². The summed E-state index contributed by atoms with van der Waals surface area (Å²) in [7, 11) is 0. The van der Waals surface area contributed by atoms with Crippen molar-refractivity contribution in [3.8, 4) is 11.1 Å². The first kappa shape index (κ1) is 41.2. The van der Waals surface area contributed by atoms with E-state index in [2.05, 4.69) is 249 Å². The first-order valence-electron chi connectivity index (χ1n) is 26.3. The number of fused-ring (bicyclic) bond motifs is 5. The van der Waals surface area contributed by atoms with E-state index in [9.17, 15) is 4.11 Å². The molecule has 2 heterocycles. The molecule has 344 valence electrons. The van der Waals surface area contributed by atoms with Gasteiger partial charge in [0, 0.05) is 55.2 Å². The average Bonchev–Trinajstić information content (AvgIpc) is 3.52. The van der Waals surface area contributed by atoms with Crippen LogP contribution < -0.4 is 31.1 Å². The van der Waals surface area contributed by atoms with Crippen LogP contribution in [0.25, 0.3) is 11.1 Å². The first-order chi connectivity index (χ1) is 34.0. The molecule has 0 radical (unpaired) electrons. The predicted molar refractivity (Wildman–Crippen MR) is 298 cm³/mol. The molecule has 8 aromatic carbocycles. The molecular weight excluding hydrogens is 834 g/mol. The lowest BCUT2D eigenvalue weighted by Gasteiger charge is -2.46. The average molecular weight is 903 g/mol. The second-order valence-corrected chi connectivity index (χ2v) is 23.3. The van der Waals surface area contributed by atoms with Gasteiger partial charge in [0.1, 0.15) is 0 Å². The molecule has 0 unspecified atom stereocenters. The van der Waals surface area contributed by atoms with E-state index < -0.39 is 6.85 Å². The molecule has 3 nitrogen and oxygen atoms in total. The van der Waals surface area contributed by atoms with Crippen LogP contribution in [-0.4, -0.2) is 6.71 Å². The predicted octanol–water partition coefficient (Wildman–Crippen LogP) is 16.1. The molecule has 2 aliphatic heterocycles. The first-order valence-corrected chi connectivity index (χ1v) is 24.8. The highest BCUT2D eigenvalue weighted by Crippen LogP contribution is 2.54. The van der Waals surface area contributed by atoms with Crippen LogP contribution in [0.1, 0.15) is 113 Å². The van der Waals surface area contributed by atoms with E-state index in [1.54, 1.807) is 0 Å². The van der Waals surface area contributed by atoms with E-state index in [4.69, 9.17) is 0 Å². The summed E-state index contributed by atoms with van der Waals surface area (Å²) in [5.41, 5.74) is 21.1. The van der Waals surface area contributed by atoms with Crippen LogP contribution in [-0.2, 0) is 21.7 Å². The summed E-state index contributed by atoms with van der Waals surface area (Å²) in [5, 5.41) is 0. The standard InChI is InChI=1S/C65H66BN3/c1-42-34-59-61-60(35-42)69(56-33-29-46(63(6,7)8)37-50(56)44-22-16-13-17-23-44)58-40-52-51(64(9,10)41-65(52,11)12)39-54(58)66(61)53-31-30-49(67(47-24-18-14-19-25-47)48-26-20-15-21-27-48)38-57(53)68(59)55-32-28-45(36-43(55)2)62(3,4)5/h13-40H,41H2,1-12H3/i1D3. The quantitative estimate of drug-likeness (QED) is 0.154. The molecule has 1 aliphatic carbocycles. The molecule has 4 heteroatoms. The second-order valence-electron chi connectivity index (χ2n) is 23.3. The molecular formula is C65H66BN3. The van der Waals surface area contributed by atoms with Gasteiger partial charge in [-0.05, 0) is 170 Å². The number of rotatable bonds is 6. The molecule has 0 aromatic heterocycles. The highest BCUT2D eigenvalue weighted by molar-refractivity contribution is 7.00. The Bertz CT molecular complexity index is 3380.